The maximum absolute atomic E-state index is 10.5. The van der Waals surface area contributed by atoms with Crippen LogP contribution in [0.25, 0.3) is 0 Å². The van der Waals surface area contributed by atoms with E-state index in [9.17, 15) is 8.42 Å². The van der Waals surface area contributed by atoms with Crippen LogP contribution in [0.4, 0.5) is 0 Å². The molecule has 2 atom stereocenters. The van der Waals surface area contributed by atoms with Crippen molar-refractivity contribution in [2.24, 2.45) is 5.92 Å². The summed E-state index contributed by atoms with van der Waals surface area (Å²) in [4.78, 5) is 0. The Morgan fingerprint density at radius 2 is 2.25 bits per heavy atom. The lowest BCUT2D eigenvalue weighted by atomic mass is 9.98. The molecule has 1 aliphatic heterocycles. The van der Waals surface area contributed by atoms with Crippen molar-refractivity contribution in [3.63, 3.8) is 0 Å². The van der Waals surface area contributed by atoms with Gasteiger partial charge in [-0.3, -0.25) is 4.55 Å². The molecule has 1 heterocycles. The van der Waals surface area contributed by atoms with E-state index in [2.05, 4.69) is 0 Å². The molecule has 0 radical (unpaired) electrons. The van der Waals surface area contributed by atoms with Crippen LogP contribution in [0.15, 0.2) is 0 Å². The Kier molecular flexibility index (Phi) is 3.09. The van der Waals surface area contributed by atoms with Crippen LogP contribution >= 0.6 is 0 Å². The largest absolute Gasteiger partial charge is 0.378 e. The summed E-state index contributed by atoms with van der Waals surface area (Å²) >= 11 is 0. The topological polar surface area (TPSA) is 63.6 Å². The zero-order valence-corrected chi connectivity index (χ0v) is 7.88. The molecule has 1 saturated heterocycles. The standard InChI is InChI=1S/C7H14O4S/c1-6-4-7(2-3-11-6)5-12(8,9)10/h6-7H,2-5H2,1H3,(H,8,9,10). The van der Waals surface area contributed by atoms with Crippen molar-refractivity contribution in [2.45, 2.75) is 25.9 Å². The lowest BCUT2D eigenvalue weighted by molar-refractivity contribution is 0.00727. The van der Waals surface area contributed by atoms with Gasteiger partial charge in [0.2, 0.25) is 0 Å². The Bertz CT molecular complexity index is 234. The summed E-state index contributed by atoms with van der Waals surface area (Å²) in [5, 5.41) is 0. The van der Waals surface area contributed by atoms with Crippen LogP contribution in [-0.2, 0) is 14.9 Å². The third-order valence-corrected chi connectivity index (χ3v) is 2.93. The molecular formula is C7H14O4S. The molecule has 0 aromatic rings. The van der Waals surface area contributed by atoms with E-state index in [0.29, 0.717) is 6.61 Å². The summed E-state index contributed by atoms with van der Waals surface area (Å²) in [5.41, 5.74) is 0. The van der Waals surface area contributed by atoms with Gasteiger partial charge in [0.25, 0.3) is 10.1 Å². The zero-order valence-electron chi connectivity index (χ0n) is 7.06. The minimum absolute atomic E-state index is 0.0590. The highest BCUT2D eigenvalue weighted by Gasteiger charge is 2.23. The van der Waals surface area contributed by atoms with Gasteiger partial charge in [0.05, 0.1) is 11.9 Å². The van der Waals surface area contributed by atoms with Gasteiger partial charge in [0.15, 0.2) is 0 Å². The van der Waals surface area contributed by atoms with Crippen LogP contribution in [0.3, 0.4) is 0 Å². The Morgan fingerprint density at radius 3 is 2.75 bits per heavy atom. The summed E-state index contributed by atoms with van der Waals surface area (Å²) in [6.45, 7) is 2.51. The van der Waals surface area contributed by atoms with E-state index in [1.807, 2.05) is 6.92 Å². The fraction of sp³-hybridized carbons (Fsp3) is 1.00. The van der Waals surface area contributed by atoms with Gasteiger partial charge in [-0.05, 0) is 25.7 Å². The lowest BCUT2D eigenvalue weighted by Gasteiger charge is -2.25. The normalized spacial score (nSPS) is 31.8. The van der Waals surface area contributed by atoms with Crippen molar-refractivity contribution in [3.05, 3.63) is 0 Å². The SMILES string of the molecule is CC1CC(CS(=O)(=O)O)CCO1. The van der Waals surface area contributed by atoms with Crippen molar-refractivity contribution in [1.29, 1.82) is 0 Å². The van der Waals surface area contributed by atoms with Crippen LogP contribution < -0.4 is 0 Å². The number of hydrogen-bond donors (Lipinski definition) is 1. The molecule has 0 spiro atoms. The molecule has 0 saturated carbocycles. The van der Waals surface area contributed by atoms with Crippen molar-refractivity contribution in [3.8, 4) is 0 Å². The Labute approximate surface area is 72.7 Å². The van der Waals surface area contributed by atoms with Crippen LogP contribution in [0.5, 0.6) is 0 Å². The minimum atomic E-state index is -3.80. The summed E-state index contributed by atoms with van der Waals surface area (Å²) in [5.74, 6) is -0.0653. The second-order valence-corrected chi connectivity index (χ2v) is 4.82. The molecule has 72 valence electrons. The van der Waals surface area contributed by atoms with E-state index < -0.39 is 10.1 Å². The summed E-state index contributed by atoms with van der Waals surface area (Å²) in [6, 6.07) is 0. The molecule has 0 aliphatic carbocycles. The molecule has 0 aromatic heterocycles. The highest BCUT2D eigenvalue weighted by atomic mass is 32.2. The van der Waals surface area contributed by atoms with E-state index in [-0.39, 0.29) is 17.8 Å². The van der Waals surface area contributed by atoms with Crippen LogP contribution in [-0.4, -0.2) is 31.4 Å². The molecule has 0 amide bonds. The van der Waals surface area contributed by atoms with E-state index in [0.717, 1.165) is 12.8 Å². The monoisotopic (exact) mass is 194 g/mol. The number of hydrogen-bond acceptors (Lipinski definition) is 3. The van der Waals surface area contributed by atoms with Gasteiger partial charge in [-0.1, -0.05) is 0 Å². The molecule has 1 aliphatic rings. The maximum Gasteiger partial charge on any atom is 0.265 e. The Balaban J connectivity index is 2.43. The van der Waals surface area contributed by atoms with E-state index in [1.165, 1.54) is 0 Å². The van der Waals surface area contributed by atoms with Gasteiger partial charge in [-0.25, -0.2) is 0 Å². The minimum Gasteiger partial charge on any atom is -0.378 e. The van der Waals surface area contributed by atoms with Gasteiger partial charge in [-0.2, -0.15) is 8.42 Å². The van der Waals surface area contributed by atoms with Gasteiger partial charge < -0.3 is 4.74 Å². The average Bonchev–Trinajstić information content (AvgIpc) is 1.82. The third-order valence-electron chi connectivity index (χ3n) is 2.04. The maximum atomic E-state index is 10.5. The first kappa shape index (κ1) is 9.95. The summed E-state index contributed by atoms with van der Waals surface area (Å²) in [7, 11) is -3.80. The van der Waals surface area contributed by atoms with Crippen molar-refractivity contribution in [1.82, 2.24) is 0 Å². The third kappa shape index (κ3) is 3.51. The van der Waals surface area contributed by atoms with Crippen LogP contribution in [0.2, 0.25) is 0 Å². The van der Waals surface area contributed by atoms with Gasteiger partial charge in [-0.15, -0.1) is 0 Å². The second kappa shape index (κ2) is 3.72. The summed E-state index contributed by atoms with van der Waals surface area (Å²) in [6.07, 6.45) is 1.56. The molecular weight excluding hydrogens is 180 g/mol. The highest BCUT2D eigenvalue weighted by Crippen LogP contribution is 2.20. The van der Waals surface area contributed by atoms with Gasteiger partial charge in [0, 0.05) is 6.61 Å². The van der Waals surface area contributed by atoms with Crippen molar-refractivity contribution < 1.29 is 17.7 Å². The van der Waals surface area contributed by atoms with E-state index >= 15 is 0 Å². The van der Waals surface area contributed by atoms with E-state index in [4.69, 9.17) is 9.29 Å². The van der Waals surface area contributed by atoms with Gasteiger partial charge >= 0.3 is 0 Å². The van der Waals surface area contributed by atoms with Crippen molar-refractivity contribution >= 4 is 10.1 Å². The first-order chi connectivity index (χ1) is 5.47. The van der Waals surface area contributed by atoms with E-state index in [1.54, 1.807) is 0 Å². The fourth-order valence-electron chi connectivity index (χ4n) is 1.54. The molecule has 12 heavy (non-hydrogen) atoms. The fourth-order valence-corrected chi connectivity index (χ4v) is 2.44. The molecule has 0 aromatic carbocycles. The highest BCUT2D eigenvalue weighted by molar-refractivity contribution is 7.85. The average molecular weight is 194 g/mol. The number of ether oxygens (including phenoxy) is 1. The Hall–Kier alpha value is -0.130. The molecule has 1 fully saturated rings. The van der Waals surface area contributed by atoms with Crippen LogP contribution in [0.1, 0.15) is 19.8 Å². The summed E-state index contributed by atoms with van der Waals surface area (Å²) < 4.78 is 34.9. The van der Waals surface area contributed by atoms with Gasteiger partial charge in [0.1, 0.15) is 0 Å². The van der Waals surface area contributed by atoms with Crippen LogP contribution in [0, 0.1) is 5.92 Å². The molecule has 5 heteroatoms. The smallest absolute Gasteiger partial charge is 0.265 e. The number of rotatable bonds is 2. The predicted octanol–water partition coefficient (Wildman–Crippen LogP) is 0.689. The Morgan fingerprint density at radius 1 is 1.58 bits per heavy atom. The molecule has 1 N–H and O–H groups in total. The molecule has 1 rings (SSSR count). The molecule has 0 bridgehead atoms. The molecule has 4 nitrogen and oxygen atoms in total. The quantitative estimate of drug-likeness (QED) is 0.657. The lowest BCUT2D eigenvalue weighted by Crippen LogP contribution is -2.27. The molecule has 2 unspecified atom stereocenters. The first-order valence-electron chi connectivity index (χ1n) is 4.04. The second-order valence-electron chi connectivity index (χ2n) is 3.32. The van der Waals surface area contributed by atoms with Crippen molar-refractivity contribution in [2.75, 3.05) is 12.4 Å². The predicted molar refractivity (Wildman–Crippen MR) is 44.6 cm³/mol. The first-order valence-corrected chi connectivity index (χ1v) is 5.65. The zero-order chi connectivity index (χ0) is 9.19.